The molecule has 0 aliphatic carbocycles. The largest absolute Gasteiger partial charge is 0.494 e. The minimum Gasteiger partial charge on any atom is -0.494 e. The van der Waals surface area contributed by atoms with Crippen LogP contribution in [0.5, 0.6) is 5.75 Å². The van der Waals surface area contributed by atoms with Crippen molar-refractivity contribution < 1.29 is 18.7 Å². The van der Waals surface area contributed by atoms with Gasteiger partial charge in [-0.2, -0.15) is 0 Å². The highest BCUT2D eigenvalue weighted by molar-refractivity contribution is 6.06. The summed E-state index contributed by atoms with van der Waals surface area (Å²) in [5.41, 5.74) is 1.87. The highest BCUT2D eigenvalue weighted by Gasteiger charge is 2.11. The van der Waals surface area contributed by atoms with Crippen molar-refractivity contribution in [3.8, 4) is 5.75 Å². The maximum Gasteiger partial charge on any atom is 0.255 e. The van der Waals surface area contributed by atoms with Gasteiger partial charge in [0, 0.05) is 22.9 Å². The van der Waals surface area contributed by atoms with Gasteiger partial charge in [-0.3, -0.25) is 9.59 Å². The molecule has 0 spiro atoms. The Labute approximate surface area is 155 Å². The summed E-state index contributed by atoms with van der Waals surface area (Å²) in [7, 11) is 1.40. The summed E-state index contributed by atoms with van der Waals surface area (Å²) in [6.07, 6.45) is 0. The lowest BCUT2D eigenvalue weighted by Gasteiger charge is -2.11. The molecule has 0 atom stereocenters. The smallest absolute Gasteiger partial charge is 0.255 e. The van der Waals surface area contributed by atoms with E-state index in [1.807, 2.05) is 6.07 Å². The number of anilines is 2. The number of hydrogen-bond donors (Lipinski definition) is 2. The van der Waals surface area contributed by atoms with Gasteiger partial charge < -0.3 is 15.4 Å². The lowest BCUT2D eigenvalue weighted by atomic mass is 10.1. The summed E-state index contributed by atoms with van der Waals surface area (Å²) in [6.45, 7) is 0. The van der Waals surface area contributed by atoms with Crippen LogP contribution < -0.4 is 15.4 Å². The Bertz CT molecular complexity index is 957. The van der Waals surface area contributed by atoms with Crippen LogP contribution >= 0.6 is 0 Å². The van der Waals surface area contributed by atoms with E-state index in [2.05, 4.69) is 10.6 Å². The van der Waals surface area contributed by atoms with E-state index < -0.39 is 5.82 Å². The van der Waals surface area contributed by atoms with Gasteiger partial charge in [0.15, 0.2) is 0 Å². The van der Waals surface area contributed by atoms with Gasteiger partial charge in [-0.25, -0.2) is 4.39 Å². The van der Waals surface area contributed by atoms with Crippen LogP contribution in [0.2, 0.25) is 0 Å². The molecule has 0 saturated carbocycles. The van der Waals surface area contributed by atoms with Gasteiger partial charge >= 0.3 is 0 Å². The van der Waals surface area contributed by atoms with E-state index in [1.165, 1.54) is 25.3 Å². The molecule has 3 rings (SSSR count). The first-order valence-electron chi connectivity index (χ1n) is 8.18. The third-order valence-electron chi connectivity index (χ3n) is 3.85. The van der Waals surface area contributed by atoms with E-state index in [0.717, 1.165) is 0 Å². The van der Waals surface area contributed by atoms with E-state index in [0.29, 0.717) is 22.5 Å². The summed E-state index contributed by atoms with van der Waals surface area (Å²) >= 11 is 0. The summed E-state index contributed by atoms with van der Waals surface area (Å²) in [5, 5.41) is 5.44. The zero-order valence-corrected chi connectivity index (χ0v) is 14.5. The van der Waals surface area contributed by atoms with Gasteiger partial charge in [0.25, 0.3) is 11.8 Å². The average molecular weight is 364 g/mol. The van der Waals surface area contributed by atoms with Crippen molar-refractivity contribution in [3.63, 3.8) is 0 Å². The summed E-state index contributed by atoms with van der Waals surface area (Å²) in [6, 6.07) is 19.1. The maximum absolute atomic E-state index is 13.2. The predicted molar refractivity (Wildman–Crippen MR) is 102 cm³/mol. The number of rotatable bonds is 5. The molecule has 0 aliphatic rings. The van der Waals surface area contributed by atoms with Crippen LogP contribution in [-0.4, -0.2) is 18.9 Å². The van der Waals surface area contributed by atoms with Crippen LogP contribution in [0.15, 0.2) is 72.8 Å². The third kappa shape index (κ3) is 4.49. The van der Waals surface area contributed by atoms with Crippen molar-refractivity contribution in [2.24, 2.45) is 0 Å². The monoisotopic (exact) mass is 364 g/mol. The molecule has 0 fully saturated rings. The summed E-state index contributed by atoms with van der Waals surface area (Å²) in [4.78, 5) is 24.5. The molecule has 3 aromatic carbocycles. The van der Waals surface area contributed by atoms with Crippen LogP contribution in [-0.2, 0) is 0 Å². The van der Waals surface area contributed by atoms with Crippen molar-refractivity contribution in [1.82, 2.24) is 0 Å². The first-order chi connectivity index (χ1) is 13.1. The second kappa shape index (κ2) is 8.14. The molecular weight excluding hydrogens is 347 g/mol. The molecule has 0 heterocycles. The Balaban J connectivity index is 1.68. The molecule has 2 N–H and O–H groups in total. The summed E-state index contributed by atoms with van der Waals surface area (Å²) < 4.78 is 18.3. The minimum absolute atomic E-state index is 0.232. The summed E-state index contributed by atoms with van der Waals surface area (Å²) in [5.74, 6) is -0.830. The van der Waals surface area contributed by atoms with Gasteiger partial charge in [-0.15, -0.1) is 0 Å². The number of carbonyl (C=O) groups is 2. The van der Waals surface area contributed by atoms with Crippen LogP contribution in [0.3, 0.4) is 0 Å². The zero-order chi connectivity index (χ0) is 19.2. The SMILES string of the molecule is COc1cc(F)ccc1NC(=O)c1ccc(NC(=O)c2ccccc2)cc1. The maximum atomic E-state index is 13.2. The fourth-order valence-corrected chi connectivity index (χ4v) is 2.46. The Hall–Kier alpha value is -3.67. The van der Waals surface area contributed by atoms with Gasteiger partial charge in [-0.05, 0) is 48.5 Å². The van der Waals surface area contributed by atoms with Crippen molar-refractivity contribution >= 4 is 23.2 Å². The molecule has 136 valence electrons. The molecule has 0 bridgehead atoms. The third-order valence-corrected chi connectivity index (χ3v) is 3.85. The highest BCUT2D eigenvalue weighted by Crippen LogP contribution is 2.25. The Kier molecular flexibility index (Phi) is 5.47. The fourth-order valence-electron chi connectivity index (χ4n) is 2.46. The number of carbonyl (C=O) groups excluding carboxylic acids is 2. The van der Waals surface area contributed by atoms with Crippen LogP contribution in [0.1, 0.15) is 20.7 Å². The molecule has 2 amide bonds. The Morgan fingerprint density at radius 3 is 2.11 bits per heavy atom. The number of methoxy groups -OCH3 is 1. The number of ether oxygens (including phenoxy) is 1. The zero-order valence-electron chi connectivity index (χ0n) is 14.5. The molecule has 5 nitrogen and oxygen atoms in total. The fraction of sp³-hybridized carbons (Fsp3) is 0.0476. The van der Waals surface area contributed by atoms with Crippen LogP contribution in [0.25, 0.3) is 0 Å². The number of amides is 2. The standard InChI is InChI=1S/C21H17FN2O3/c1-27-19-13-16(22)9-12-18(19)24-21(26)15-7-10-17(11-8-15)23-20(25)14-5-3-2-4-6-14/h2-13H,1H3,(H,23,25)(H,24,26). The molecule has 0 aliphatic heterocycles. The van der Waals surface area contributed by atoms with E-state index in [4.69, 9.17) is 4.74 Å². The lowest BCUT2D eigenvalue weighted by molar-refractivity contribution is 0.101. The second-order valence-electron chi connectivity index (χ2n) is 5.70. The predicted octanol–water partition coefficient (Wildman–Crippen LogP) is 4.34. The molecule has 0 unspecified atom stereocenters. The molecule has 0 saturated heterocycles. The van der Waals surface area contributed by atoms with Crippen molar-refractivity contribution in [3.05, 3.63) is 89.7 Å². The number of nitrogens with one attached hydrogen (secondary N) is 2. The van der Waals surface area contributed by atoms with Crippen molar-refractivity contribution in [1.29, 1.82) is 0 Å². The molecule has 3 aromatic rings. The highest BCUT2D eigenvalue weighted by atomic mass is 19.1. The van der Waals surface area contributed by atoms with Gasteiger partial charge in [0.1, 0.15) is 11.6 Å². The van der Waals surface area contributed by atoms with Crippen LogP contribution in [0.4, 0.5) is 15.8 Å². The van der Waals surface area contributed by atoms with Gasteiger partial charge in [0.2, 0.25) is 0 Å². The topological polar surface area (TPSA) is 67.4 Å². The Morgan fingerprint density at radius 1 is 0.815 bits per heavy atom. The van der Waals surface area contributed by atoms with Crippen molar-refractivity contribution in [2.45, 2.75) is 0 Å². The molecule has 0 radical (unpaired) electrons. The van der Waals surface area contributed by atoms with Gasteiger partial charge in [-0.1, -0.05) is 18.2 Å². The normalized spacial score (nSPS) is 10.1. The van der Waals surface area contributed by atoms with E-state index >= 15 is 0 Å². The number of benzene rings is 3. The molecular formula is C21H17FN2O3. The second-order valence-corrected chi connectivity index (χ2v) is 5.70. The Morgan fingerprint density at radius 2 is 1.44 bits per heavy atom. The number of halogens is 1. The van der Waals surface area contributed by atoms with Gasteiger partial charge in [0.05, 0.1) is 12.8 Å². The lowest BCUT2D eigenvalue weighted by Crippen LogP contribution is -2.14. The van der Waals surface area contributed by atoms with E-state index in [-0.39, 0.29) is 17.6 Å². The molecule has 27 heavy (non-hydrogen) atoms. The average Bonchev–Trinajstić information content (AvgIpc) is 2.70. The van der Waals surface area contributed by atoms with E-state index in [1.54, 1.807) is 48.5 Å². The quantitative estimate of drug-likeness (QED) is 0.708. The molecule has 6 heteroatoms. The van der Waals surface area contributed by atoms with Crippen LogP contribution in [0, 0.1) is 5.82 Å². The first-order valence-corrected chi connectivity index (χ1v) is 8.18. The molecule has 0 aromatic heterocycles. The van der Waals surface area contributed by atoms with Crippen molar-refractivity contribution in [2.75, 3.05) is 17.7 Å². The van der Waals surface area contributed by atoms with E-state index in [9.17, 15) is 14.0 Å². The minimum atomic E-state index is -0.455. The number of hydrogen-bond acceptors (Lipinski definition) is 3. The first kappa shape index (κ1) is 18.1.